The van der Waals surface area contributed by atoms with Crippen LogP contribution in [0, 0.1) is 5.41 Å². The Morgan fingerprint density at radius 1 is 1.06 bits per heavy atom. The van der Waals surface area contributed by atoms with E-state index in [1.165, 1.54) is 12.8 Å². The van der Waals surface area contributed by atoms with Gasteiger partial charge in [-0.15, -0.1) is 5.06 Å². The molecule has 0 atom stereocenters. The fraction of sp³-hybridized carbons (Fsp3) is 0.933. The molecule has 0 unspecified atom stereocenters. The summed E-state index contributed by atoms with van der Waals surface area (Å²) in [6.07, 6.45) is 6.16. The molecule has 0 aromatic heterocycles. The molecule has 0 heterocycles. The third-order valence-electron chi connectivity index (χ3n) is 2.86. The first-order valence-corrected chi connectivity index (χ1v) is 7.34. The lowest BCUT2D eigenvalue weighted by atomic mass is 9.90. The van der Waals surface area contributed by atoms with Crippen molar-refractivity contribution in [3.63, 3.8) is 0 Å². The van der Waals surface area contributed by atoms with Gasteiger partial charge in [-0.05, 0) is 24.7 Å². The minimum absolute atomic E-state index is 0.123. The lowest BCUT2D eigenvalue weighted by molar-refractivity contribution is -0.191. The topological polar surface area (TPSA) is 29.5 Å². The molecule has 0 amide bonds. The summed E-state index contributed by atoms with van der Waals surface area (Å²) in [6, 6.07) is 0. The van der Waals surface area contributed by atoms with E-state index in [0.29, 0.717) is 11.8 Å². The van der Waals surface area contributed by atoms with Crippen LogP contribution in [-0.4, -0.2) is 24.1 Å². The molecule has 0 bridgehead atoms. The van der Waals surface area contributed by atoms with Crippen LogP contribution in [-0.2, 0) is 9.63 Å². The molecule has 0 N–H and O–H groups in total. The number of hydrogen-bond donors (Lipinski definition) is 0. The highest BCUT2D eigenvalue weighted by Crippen LogP contribution is 2.21. The summed E-state index contributed by atoms with van der Waals surface area (Å²) in [5, 5.41) is 1.85. The van der Waals surface area contributed by atoms with Crippen molar-refractivity contribution in [2.45, 2.75) is 73.1 Å². The number of hydrogen-bond acceptors (Lipinski definition) is 3. The van der Waals surface area contributed by atoms with Crippen LogP contribution in [0.4, 0.5) is 0 Å². The van der Waals surface area contributed by atoms with Crippen LogP contribution in [0.15, 0.2) is 0 Å². The van der Waals surface area contributed by atoms with Gasteiger partial charge in [-0.25, -0.2) is 0 Å². The zero-order valence-corrected chi connectivity index (χ0v) is 12.9. The number of hydroxylamine groups is 2. The first-order chi connectivity index (χ1) is 8.39. The van der Waals surface area contributed by atoms with Crippen molar-refractivity contribution >= 4 is 5.97 Å². The maximum Gasteiger partial charge on any atom is 0.324 e. The second kappa shape index (κ2) is 9.37. The molecule has 3 heteroatoms. The molecule has 0 spiro atoms. The van der Waals surface area contributed by atoms with Crippen LogP contribution in [0.5, 0.6) is 0 Å². The van der Waals surface area contributed by atoms with Gasteiger partial charge in [0.1, 0.15) is 0 Å². The van der Waals surface area contributed by atoms with Gasteiger partial charge in [0, 0.05) is 19.5 Å². The Labute approximate surface area is 113 Å². The van der Waals surface area contributed by atoms with E-state index in [2.05, 4.69) is 27.7 Å². The average Bonchev–Trinajstić information content (AvgIpc) is 2.29. The average molecular weight is 257 g/mol. The summed E-state index contributed by atoms with van der Waals surface area (Å²) in [7, 11) is 0. The third-order valence-corrected chi connectivity index (χ3v) is 2.86. The summed E-state index contributed by atoms with van der Waals surface area (Å²) >= 11 is 0. The highest BCUT2D eigenvalue weighted by atomic mass is 16.7. The minimum atomic E-state index is -0.123. The lowest BCUT2D eigenvalue weighted by Crippen LogP contribution is -2.29. The van der Waals surface area contributed by atoms with E-state index in [1.54, 1.807) is 0 Å². The van der Waals surface area contributed by atoms with E-state index < -0.39 is 0 Å². The predicted octanol–water partition coefficient (Wildman–Crippen LogP) is 4.17. The van der Waals surface area contributed by atoms with Gasteiger partial charge in [-0.2, -0.15) is 0 Å². The zero-order chi connectivity index (χ0) is 14.0. The van der Waals surface area contributed by atoms with Crippen LogP contribution < -0.4 is 0 Å². The molecule has 18 heavy (non-hydrogen) atoms. The van der Waals surface area contributed by atoms with Gasteiger partial charge in [0.05, 0.1) is 0 Å². The van der Waals surface area contributed by atoms with Gasteiger partial charge in [-0.3, -0.25) is 4.79 Å². The van der Waals surface area contributed by atoms with Crippen molar-refractivity contribution in [1.29, 1.82) is 0 Å². The van der Waals surface area contributed by atoms with Crippen molar-refractivity contribution < 1.29 is 9.63 Å². The highest BCUT2D eigenvalue weighted by Gasteiger charge is 2.12. The van der Waals surface area contributed by atoms with Gasteiger partial charge in [0.2, 0.25) is 0 Å². The summed E-state index contributed by atoms with van der Waals surface area (Å²) in [5.41, 5.74) is 0.397. The Bertz CT molecular complexity index is 221. The van der Waals surface area contributed by atoms with Crippen LogP contribution in [0.2, 0.25) is 0 Å². The van der Waals surface area contributed by atoms with E-state index in [9.17, 15) is 4.79 Å². The number of nitrogens with zero attached hydrogens (tertiary/aromatic N) is 1. The van der Waals surface area contributed by atoms with Gasteiger partial charge in [-0.1, -0.05) is 47.5 Å². The molecular weight excluding hydrogens is 226 g/mol. The number of carbonyl (C=O) groups excluding carboxylic acids is 1. The first-order valence-electron chi connectivity index (χ1n) is 7.34. The van der Waals surface area contributed by atoms with E-state index in [1.807, 2.05) is 12.0 Å². The van der Waals surface area contributed by atoms with E-state index in [-0.39, 0.29) is 5.97 Å². The largest absolute Gasteiger partial charge is 0.368 e. The Kier molecular flexibility index (Phi) is 9.08. The number of carbonyl (C=O) groups is 1. The smallest absolute Gasteiger partial charge is 0.324 e. The minimum Gasteiger partial charge on any atom is -0.368 e. The molecule has 3 nitrogen and oxygen atoms in total. The Morgan fingerprint density at radius 2 is 1.67 bits per heavy atom. The second-order valence-electron chi connectivity index (χ2n) is 6.12. The van der Waals surface area contributed by atoms with Gasteiger partial charge < -0.3 is 4.84 Å². The third kappa shape index (κ3) is 10.6. The van der Waals surface area contributed by atoms with E-state index in [4.69, 9.17) is 4.84 Å². The molecule has 0 aliphatic rings. The molecule has 0 radical (unpaired) electrons. The van der Waals surface area contributed by atoms with Crippen molar-refractivity contribution in [1.82, 2.24) is 5.06 Å². The van der Waals surface area contributed by atoms with E-state index >= 15 is 0 Å². The van der Waals surface area contributed by atoms with Crippen molar-refractivity contribution in [3.05, 3.63) is 0 Å². The molecule has 0 saturated heterocycles. The summed E-state index contributed by atoms with van der Waals surface area (Å²) in [5.74, 6) is -0.123. The van der Waals surface area contributed by atoms with E-state index in [0.717, 1.165) is 32.4 Å². The van der Waals surface area contributed by atoms with Crippen LogP contribution in [0.3, 0.4) is 0 Å². The number of unbranched alkanes of at least 4 members (excludes halogenated alkanes) is 2. The van der Waals surface area contributed by atoms with Crippen molar-refractivity contribution in [3.8, 4) is 0 Å². The van der Waals surface area contributed by atoms with Gasteiger partial charge in [0.25, 0.3) is 0 Å². The summed E-state index contributed by atoms with van der Waals surface area (Å²) in [4.78, 5) is 16.6. The lowest BCUT2D eigenvalue weighted by Gasteiger charge is -2.22. The molecule has 0 rings (SSSR count). The van der Waals surface area contributed by atoms with Gasteiger partial charge in [0.15, 0.2) is 0 Å². The second-order valence-corrected chi connectivity index (χ2v) is 6.12. The molecule has 0 fully saturated rings. The highest BCUT2D eigenvalue weighted by molar-refractivity contribution is 5.68. The zero-order valence-electron chi connectivity index (χ0n) is 12.9. The molecular formula is C15H31NO2. The summed E-state index contributed by atoms with van der Waals surface area (Å²) < 4.78 is 0. The molecule has 0 saturated carbocycles. The molecule has 0 aromatic rings. The summed E-state index contributed by atoms with van der Waals surface area (Å²) in [6.45, 7) is 12.5. The molecule has 0 aliphatic heterocycles. The Balaban J connectivity index is 3.89. The number of rotatable bonds is 9. The van der Waals surface area contributed by atoms with Crippen molar-refractivity contribution in [2.75, 3.05) is 13.1 Å². The monoisotopic (exact) mass is 257 g/mol. The Hall–Kier alpha value is -0.570. The van der Waals surface area contributed by atoms with Gasteiger partial charge >= 0.3 is 5.97 Å². The maximum absolute atomic E-state index is 11.3. The van der Waals surface area contributed by atoms with Crippen LogP contribution in [0.1, 0.15) is 73.1 Å². The van der Waals surface area contributed by atoms with Crippen LogP contribution >= 0.6 is 0 Å². The molecule has 108 valence electrons. The fourth-order valence-corrected chi connectivity index (χ4v) is 1.69. The maximum atomic E-state index is 11.3. The standard InChI is InChI=1S/C15H31NO2/c1-6-8-12-16(18-14(17)7-2)13-10-9-11-15(3,4)5/h6-13H2,1-5H3. The molecule has 0 aliphatic carbocycles. The normalized spacial score (nSPS) is 11.9. The SMILES string of the molecule is CCCCN(CCCCC(C)(C)C)OC(=O)CC. The van der Waals surface area contributed by atoms with Crippen molar-refractivity contribution in [2.24, 2.45) is 5.41 Å². The quantitative estimate of drug-likeness (QED) is 0.458. The van der Waals surface area contributed by atoms with Crippen LogP contribution in [0.25, 0.3) is 0 Å². The molecule has 0 aromatic carbocycles. The first kappa shape index (κ1) is 17.4. The predicted molar refractivity (Wildman–Crippen MR) is 76.2 cm³/mol. The Morgan fingerprint density at radius 3 is 2.17 bits per heavy atom. The fourth-order valence-electron chi connectivity index (χ4n) is 1.69.